The number of nitriles is 2. The van der Waals surface area contributed by atoms with Gasteiger partial charge in [0.05, 0.1) is 40.3 Å². The van der Waals surface area contributed by atoms with Crippen LogP contribution in [0.4, 0.5) is 24.5 Å². The highest BCUT2D eigenvalue weighted by Crippen LogP contribution is 2.55. The lowest BCUT2D eigenvalue weighted by Gasteiger charge is -2.24. The van der Waals surface area contributed by atoms with Gasteiger partial charge >= 0.3 is 6.18 Å². The van der Waals surface area contributed by atoms with E-state index >= 15 is 0 Å². The van der Waals surface area contributed by atoms with E-state index in [-0.39, 0.29) is 29.5 Å². The second kappa shape index (κ2) is 11.1. The second-order valence-corrected chi connectivity index (χ2v) is 12.7. The Morgan fingerprint density at radius 2 is 1.76 bits per heavy atom. The summed E-state index contributed by atoms with van der Waals surface area (Å²) in [7, 11) is 0. The molecule has 2 N–H and O–H groups in total. The Morgan fingerprint density at radius 3 is 2.39 bits per heavy atom. The molecule has 1 aliphatic rings. The zero-order valence-electron chi connectivity index (χ0n) is 25.6. The Labute approximate surface area is 262 Å². The number of benzene rings is 2. The van der Waals surface area contributed by atoms with Gasteiger partial charge < -0.3 is 10.6 Å². The van der Waals surface area contributed by atoms with Gasteiger partial charge in [0.25, 0.3) is 0 Å². The number of hydrogen-bond acceptors (Lipinski definition) is 9. The van der Waals surface area contributed by atoms with Gasteiger partial charge in [-0.05, 0) is 54.5 Å². The molecule has 3 heterocycles. The normalized spacial score (nSPS) is 14.8. The summed E-state index contributed by atoms with van der Waals surface area (Å²) < 4.78 is 44.7. The van der Waals surface area contributed by atoms with Crippen LogP contribution in [0.1, 0.15) is 67.6 Å². The molecule has 1 unspecified atom stereocenters. The largest absolute Gasteiger partial charge is 0.413 e. The fourth-order valence-electron chi connectivity index (χ4n) is 5.52. The molecule has 5 aromatic rings. The lowest BCUT2D eigenvalue weighted by molar-refractivity contribution is -0.182. The van der Waals surface area contributed by atoms with Crippen LogP contribution in [0.15, 0.2) is 55.4 Å². The molecule has 14 heteroatoms. The van der Waals surface area contributed by atoms with Crippen molar-refractivity contribution in [3.8, 4) is 17.8 Å². The fraction of sp³-hybridized carbons (Fsp3) is 0.344. The molecule has 1 atom stereocenters. The van der Waals surface area contributed by atoms with E-state index in [4.69, 9.17) is 0 Å². The van der Waals surface area contributed by atoms with Crippen LogP contribution >= 0.6 is 0 Å². The summed E-state index contributed by atoms with van der Waals surface area (Å²) in [5.41, 5.74) is 2.35. The van der Waals surface area contributed by atoms with Crippen molar-refractivity contribution < 1.29 is 13.2 Å². The highest BCUT2D eigenvalue weighted by atomic mass is 19.4. The van der Waals surface area contributed by atoms with E-state index in [9.17, 15) is 23.7 Å². The first-order valence-corrected chi connectivity index (χ1v) is 14.6. The average molecular weight is 626 g/mol. The summed E-state index contributed by atoms with van der Waals surface area (Å²) in [4.78, 5) is 4.42. The predicted molar refractivity (Wildman–Crippen MR) is 164 cm³/mol. The van der Waals surface area contributed by atoms with Crippen LogP contribution in [0, 0.1) is 35.0 Å². The topological polar surface area (TPSA) is 146 Å². The van der Waals surface area contributed by atoms with Gasteiger partial charge in [0.2, 0.25) is 0 Å². The van der Waals surface area contributed by atoms with Crippen LogP contribution in [-0.2, 0) is 5.54 Å². The Hall–Kier alpha value is -5.50. The molecule has 0 spiro atoms. The highest BCUT2D eigenvalue weighted by molar-refractivity contribution is 5.99. The van der Waals surface area contributed by atoms with E-state index in [1.54, 1.807) is 29.4 Å². The van der Waals surface area contributed by atoms with E-state index in [0.29, 0.717) is 39.9 Å². The van der Waals surface area contributed by atoms with Gasteiger partial charge in [0, 0.05) is 23.8 Å². The third-order valence-electron chi connectivity index (χ3n) is 8.17. The first-order chi connectivity index (χ1) is 21.8. The fourth-order valence-corrected chi connectivity index (χ4v) is 5.52. The third kappa shape index (κ3) is 5.47. The number of nitrogens with one attached hydrogen (secondary N) is 2. The number of pyridine rings is 1. The minimum Gasteiger partial charge on any atom is -0.383 e. The van der Waals surface area contributed by atoms with Gasteiger partial charge in [-0.15, -0.1) is 15.3 Å². The van der Waals surface area contributed by atoms with Crippen LogP contribution < -0.4 is 10.6 Å². The SMILES string of the molecule is Cc1c(C(Nc2cc(C#N)c3ncc(C#N)c(NCC(C)(C)C)c3c2)c2cn(C3(C(F)(F)F)CC3)nn2)cccc1-n1cnnc1. The first-order valence-electron chi connectivity index (χ1n) is 14.6. The van der Waals surface area contributed by atoms with E-state index in [1.165, 1.54) is 12.4 Å². The Morgan fingerprint density at radius 1 is 1.04 bits per heavy atom. The summed E-state index contributed by atoms with van der Waals surface area (Å²) >= 11 is 0. The molecule has 1 fully saturated rings. The quantitative estimate of drug-likeness (QED) is 0.207. The van der Waals surface area contributed by atoms with E-state index in [2.05, 4.69) is 69.0 Å². The van der Waals surface area contributed by atoms with E-state index in [0.717, 1.165) is 15.9 Å². The molecule has 0 saturated heterocycles. The average Bonchev–Trinajstić information content (AvgIpc) is 3.41. The minimum absolute atomic E-state index is 0.0751. The van der Waals surface area contributed by atoms with Crippen molar-refractivity contribution in [1.29, 1.82) is 10.5 Å². The lowest BCUT2D eigenvalue weighted by Crippen LogP contribution is -2.35. The maximum absolute atomic E-state index is 14.0. The van der Waals surface area contributed by atoms with Crippen molar-refractivity contribution in [1.82, 2.24) is 34.7 Å². The van der Waals surface area contributed by atoms with Crippen molar-refractivity contribution in [2.24, 2.45) is 5.41 Å². The number of rotatable bonds is 8. The number of hydrogen-bond donors (Lipinski definition) is 2. The standard InChI is InChI=1S/C32H30F3N11/c1-19-23(6-5-7-26(19)45-17-40-41-18-45)29(25-15-46(44-43-25)31(8-9-31)32(33,34)35)42-22-10-20(12-36)27-24(11-22)28(21(13-37)14-38-27)39-16-30(2,3)4/h5-7,10-11,14-15,17-18,29,42H,8-9,16H2,1-4H3,(H,38,39). The number of fused-ring (bicyclic) bond motifs is 1. The zero-order valence-corrected chi connectivity index (χ0v) is 25.6. The number of alkyl halides is 3. The number of nitrogens with zero attached hydrogens (tertiary/aromatic N) is 9. The van der Waals surface area contributed by atoms with Crippen molar-refractivity contribution in [2.45, 2.75) is 58.3 Å². The molecule has 2 aromatic carbocycles. The van der Waals surface area contributed by atoms with E-state index in [1.807, 2.05) is 25.1 Å². The third-order valence-corrected chi connectivity index (χ3v) is 8.17. The van der Waals surface area contributed by atoms with Crippen LogP contribution in [0.2, 0.25) is 0 Å². The number of anilines is 2. The molecule has 1 saturated carbocycles. The molecule has 11 nitrogen and oxygen atoms in total. The maximum atomic E-state index is 14.0. The molecule has 0 amide bonds. The molecule has 3 aromatic heterocycles. The summed E-state index contributed by atoms with van der Waals surface area (Å²) in [6.45, 7) is 8.61. The Bertz CT molecular complexity index is 2000. The molecule has 0 aliphatic heterocycles. The van der Waals surface area contributed by atoms with Gasteiger partial charge in [-0.3, -0.25) is 9.55 Å². The van der Waals surface area contributed by atoms with Crippen molar-refractivity contribution in [3.63, 3.8) is 0 Å². The van der Waals surface area contributed by atoms with Crippen LogP contribution in [-0.4, -0.2) is 47.5 Å². The van der Waals surface area contributed by atoms with Crippen molar-refractivity contribution in [2.75, 3.05) is 17.2 Å². The molecule has 234 valence electrons. The molecule has 46 heavy (non-hydrogen) atoms. The molecule has 1 aliphatic carbocycles. The van der Waals surface area contributed by atoms with Gasteiger partial charge in [-0.1, -0.05) is 38.1 Å². The molecule has 0 radical (unpaired) electrons. The zero-order chi connectivity index (χ0) is 32.9. The summed E-state index contributed by atoms with van der Waals surface area (Å²) in [5.74, 6) is 0. The predicted octanol–water partition coefficient (Wildman–Crippen LogP) is 6.17. The molecular formula is C32H30F3N11. The van der Waals surface area contributed by atoms with Crippen LogP contribution in [0.3, 0.4) is 0 Å². The van der Waals surface area contributed by atoms with Crippen LogP contribution in [0.5, 0.6) is 0 Å². The number of halogens is 3. The van der Waals surface area contributed by atoms with Gasteiger partial charge in [0.1, 0.15) is 30.5 Å². The summed E-state index contributed by atoms with van der Waals surface area (Å²) in [6, 6.07) is 12.6. The Balaban J connectivity index is 1.50. The molecular weight excluding hydrogens is 595 g/mol. The minimum atomic E-state index is -4.48. The molecule has 6 rings (SSSR count). The second-order valence-electron chi connectivity index (χ2n) is 12.7. The van der Waals surface area contributed by atoms with Gasteiger partial charge in [-0.25, -0.2) is 4.68 Å². The van der Waals surface area contributed by atoms with Gasteiger partial charge in [-0.2, -0.15) is 23.7 Å². The van der Waals surface area contributed by atoms with Crippen molar-refractivity contribution >= 4 is 22.3 Å². The molecule has 0 bridgehead atoms. The maximum Gasteiger partial charge on any atom is 0.413 e. The monoisotopic (exact) mass is 625 g/mol. The van der Waals surface area contributed by atoms with Crippen LogP contribution in [0.25, 0.3) is 16.6 Å². The smallest absolute Gasteiger partial charge is 0.383 e. The summed E-state index contributed by atoms with van der Waals surface area (Å²) in [6.07, 6.45) is 1.26. The Kier molecular flexibility index (Phi) is 7.39. The van der Waals surface area contributed by atoms with E-state index < -0.39 is 17.8 Å². The van der Waals surface area contributed by atoms with Gasteiger partial charge in [0.15, 0.2) is 5.54 Å². The summed E-state index contributed by atoms with van der Waals surface area (Å²) in [5, 5.41) is 43.3. The first kappa shape index (κ1) is 30.5. The highest BCUT2D eigenvalue weighted by Gasteiger charge is 2.66. The van der Waals surface area contributed by atoms with Crippen molar-refractivity contribution in [3.05, 3.63) is 83.3 Å². The number of aromatic nitrogens is 7. The lowest BCUT2D eigenvalue weighted by atomic mass is 9.95.